The van der Waals surface area contributed by atoms with E-state index in [-0.39, 0.29) is 5.60 Å². The van der Waals surface area contributed by atoms with Crippen molar-refractivity contribution in [1.29, 1.82) is 0 Å². The predicted molar refractivity (Wildman–Crippen MR) is 72.9 cm³/mol. The number of aliphatic imine (C=N–C) groups is 1. The van der Waals surface area contributed by atoms with E-state index in [1.165, 1.54) is 0 Å². The Labute approximate surface area is 113 Å². The third kappa shape index (κ3) is 4.24. The highest BCUT2D eigenvalue weighted by atomic mass is 16.5. The zero-order chi connectivity index (χ0) is 13.6. The molecule has 1 aliphatic rings. The largest absolute Gasteiger partial charge is 0.373 e. The van der Waals surface area contributed by atoms with Crippen LogP contribution < -0.4 is 10.6 Å². The Bertz CT molecular complexity index is 397. The summed E-state index contributed by atoms with van der Waals surface area (Å²) in [7, 11) is 0. The van der Waals surface area contributed by atoms with Gasteiger partial charge in [-0.2, -0.15) is 0 Å². The molecule has 0 aliphatic carbocycles. The molecule has 1 fully saturated rings. The van der Waals surface area contributed by atoms with E-state index < -0.39 is 0 Å². The molecule has 1 aromatic heterocycles. The number of rotatable bonds is 5. The minimum absolute atomic E-state index is 0.0793. The summed E-state index contributed by atoms with van der Waals surface area (Å²) in [6, 6.07) is 1.81. The van der Waals surface area contributed by atoms with Gasteiger partial charge in [0.05, 0.1) is 12.1 Å². The quantitative estimate of drug-likeness (QED) is 0.621. The topological polar surface area (TPSA) is 71.7 Å². The lowest BCUT2D eigenvalue weighted by molar-refractivity contribution is 0.0243. The van der Waals surface area contributed by atoms with Crippen molar-refractivity contribution in [3.8, 4) is 0 Å². The molecule has 0 spiro atoms. The van der Waals surface area contributed by atoms with Crippen LogP contribution in [0.15, 0.2) is 21.8 Å². The van der Waals surface area contributed by atoms with E-state index >= 15 is 0 Å². The van der Waals surface area contributed by atoms with E-state index in [9.17, 15) is 0 Å². The average Bonchev–Trinajstić information content (AvgIpc) is 3.05. The fourth-order valence-electron chi connectivity index (χ4n) is 2.07. The van der Waals surface area contributed by atoms with Crippen LogP contribution in [0.2, 0.25) is 0 Å². The predicted octanol–water partition coefficient (Wildman–Crippen LogP) is 1.30. The van der Waals surface area contributed by atoms with Gasteiger partial charge >= 0.3 is 0 Å². The smallest absolute Gasteiger partial charge is 0.191 e. The molecular formula is C13H22N4O2. The van der Waals surface area contributed by atoms with Gasteiger partial charge in [0.2, 0.25) is 0 Å². The van der Waals surface area contributed by atoms with Gasteiger partial charge < -0.3 is 19.9 Å². The number of hydrogen-bond donors (Lipinski definition) is 2. The highest BCUT2D eigenvalue weighted by Gasteiger charge is 2.29. The maximum absolute atomic E-state index is 5.75. The Morgan fingerprint density at radius 3 is 3.05 bits per heavy atom. The number of ether oxygens (including phenoxy) is 1. The molecule has 106 valence electrons. The highest BCUT2D eigenvalue weighted by Crippen LogP contribution is 2.23. The van der Waals surface area contributed by atoms with Gasteiger partial charge in [0.1, 0.15) is 12.0 Å². The average molecular weight is 266 g/mol. The molecule has 1 unspecified atom stereocenters. The minimum atomic E-state index is -0.0793. The minimum Gasteiger partial charge on any atom is -0.373 e. The second-order valence-electron chi connectivity index (χ2n) is 4.94. The van der Waals surface area contributed by atoms with Crippen LogP contribution in [0.25, 0.3) is 0 Å². The van der Waals surface area contributed by atoms with Crippen molar-refractivity contribution in [3.63, 3.8) is 0 Å². The Balaban J connectivity index is 1.86. The van der Waals surface area contributed by atoms with Gasteiger partial charge in [-0.3, -0.25) is 0 Å². The first-order valence-electron chi connectivity index (χ1n) is 6.77. The zero-order valence-corrected chi connectivity index (χ0v) is 11.6. The van der Waals surface area contributed by atoms with Crippen molar-refractivity contribution < 1.29 is 9.26 Å². The number of guanidine groups is 1. The SMILES string of the molecule is CCNC(=NCc1ccon1)NCC1(C)CCCO1. The Kier molecular flexibility index (Phi) is 4.79. The van der Waals surface area contributed by atoms with Gasteiger partial charge in [-0.05, 0) is 26.7 Å². The van der Waals surface area contributed by atoms with E-state index in [4.69, 9.17) is 9.26 Å². The molecule has 0 radical (unpaired) electrons. The summed E-state index contributed by atoms with van der Waals surface area (Å²) in [5.41, 5.74) is 0.741. The summed E-state index contributed by atoms with van der Waals surface area (Å²) in [6.45, 7) is 7.11. The molecule has 1 aromatic rings. The lowest BCUT2D eigenvalue weighted by atomic mass is 10.0. The first-order chi connectivity index (χ1) is 9.22. The molecule has 0 saturated carbocycles. The van der Waals surface area contributed by atoms with Crippen LogP contribution in [0.5, 0.6) is 0 Å². The van der Waals surface area contributed by atoms with Crippen LogP contribution in [0.1, 0.15) is 32.4 Å². The zero-order valence-electron chi connectivity index (χ0n) is 11.6. The Morgan fingerprint density at radius 1 is 1.53 bits per heavy atom. The van der Waals surface area contributed by atoms with E-state index in [0.717, 1.165) is 44.2 Å². The van der Waals surface area contributed by atoms with Gasteiger partial charge in [-0.1, -0.05) is 5.16 Å². The van der Waals surface area contributed by atoms with Crippen molar-refractivity contribution in [2.75, 3.05) is 19.7 Å². The van der Waals surface area contributed by atoms with Crippen LogP contribution >= 0.6 is 0 Å². The van der Waals surface area contributed by atoms with E-state index in [1.54, 1.807) is 6.26 Å². The summed E-state index contributed by atoms with van der Waals surface area (Å²) < 4.78 is 10.5. The molecule has 1 aliphatic heterocycles. The van der Waals surface area contributed by atoms with Crippen LogP contribution in [0.4, 0.5) is 0 Å². The molecule has 0 bridgehead atoms. The monoisotopic (exact) mass is 266 g/mol. The summed E-state index contributed by atoms with van der Waals surface area (Å²) in [6.07, 6.45) is 3.77. The normalized spacial score (nSPS) is 23.6. The Morgan fingerprint density at radius 2 is 2.42 bits per heavy atom. The van der Waals surface area contributed by atoms with Gasteiger partial charge in [0, 0.05) is 25.8 Å². The van der Waals surface area contributed by atoms with Gasteiger partial charge in [-0.15, -0.1) is 0 Å². The molecule has 6 heteroatoms. The molecule has 0 aromatic carbocycles. The van der Waals surface area contributed by atoms with E-state index in [1.807, 2.05) is 13.0 Å². The number of hydrogen-bond acceptors (Lipinski definition) is 4. The van der Waals surface area contributed by atoms with Gasteiger partial charge in [-0.25, -0.2) is 4.99 Å². The fraction of sp³-hybridized carbons (Fsp3) is 0.692. The van der Waals surface area contributed by atoms with Crippen molar-refractivity contribution in [3.05, 3.63) is 18.0 Å². The maximum atomic E-state index is 5.75. The summed E-state index contributed by atoms with van der Waals surface area (Å²) in [5.74, 6) is 0.780. The van der Waals surface area contributed by atoms with Crippen molar-refractivity contribution in [2.24, 2.45) is 4.99 Å². The summed E-state index contributed by atoms with van der Waals surface area (Å²) in [5, 5.41) is 10.4. The number of aromatic nitrogens is 1. The van der Waals surface area contributed by atoms with Crippen molar-refractivity contribution >= 4 is 5.96 Å². The van der Waals surface area contributed by atoms with Crippen LogP contribution in [-0.2, 0) is 11.3 Å². The number of nitrogens with one attached hydrogen (secondary N) is 2. The second kappa shape index (κ2) is 6.56. The van der Waals surface area contributed by atoms with Crippen LogP contribution in [0, 0.1) is 0 Å². The van der Waals surface area contributed by atoms with Crippen molar-refractivity contribution in [2.45, 2.75) is 38.8 Å². The molecule has 19 heavy (non-hydrogen) atoms. The molecule has 2 rings (SSSR count). The van der Waals surface area contributed by atoms with Gasteiger partial charge in [0.15, 0.2) is 5.96 Å². The second-order valence-corrected chi connectivity index (χ2v) is 4.94. The van der Waals surface area contributed by atoms with Crippen LogP contribution in [-0.4, -0.2) is 36.4 Å². The highest BCUT2D eigenvalue weighted by molar-refractivity contribution is 5.79. The van der Waals surface area contributed by atoms with Crippen LogP contribution in [0.3, 0.4) is 0 Å². The molecular weight excluding hydrogens is 244 g/mol. The summed E-state index contributed by atoms with van der Waals surface area (Å²) >= 11 is 0. The van der Waals surface area contributed by atoms with E-state index in [2.05, 4.69) is 27.7 Å². The lowest BCUT2D eigenvalue weighted by Crippen LogP contribution is -2.45. The molecule has 1 saturated heterocycles. The molecule has 2 N–H and O–H groups in total. The molecule has 0 amide bonds. The standard InChI is InChI=1S/C13H22N4O2/c1-3-14-12(15-9-11-5-8-19-17-11)16-10-13(2)6-4-7-18-13/h5,8H,3-4,6-7,9-10H2,1-2H3,(H2,14,15,16). The van der Waals surface area contributed by atoms with E-state index in [0.29, 0.717) is 6.54 Å². The lowest BCUT2D eigenvalue weighted by Gasteiger charge is -2.24. The Hall–Kier alpha value is -1.56. The van der Waals surface area contributed by atoms with Gasteiger partial charge in [0.25, 0.3) is 0 Å². The number of nitrogens with zero attached hydrogens (tertiary/aromatic N) is 2. The third-order valence-corrected chi connectivity index (χ3v) is 3.16. The molecule has 2 heterocycles. The first-order valence-corrected chi connectivity index (χ1v) is 6.77. The van der Waals surface area contributed by atoms with Crippen molar-refractivity contribution in [1.82, 2.24) is 15.8 Å². The summed E-state index contributed by atoms with van der Waals surface area (Å²) in [4.78, 5) is 4.46. The molecule has 1 atom stereocenters. The first kappa shape index (κ1) is 13.9. The maximum Gasteiger partial charge on any atom is 0.191 e. The molecule has 6 nitrogen and oxygen atoms in total. The fourth-order valence-corrected chi connectivity index (χ4v) is 2.07. The third-order valence-electron chi connectivity index (χ3n) is 3.16.